The number of nitrogens with zero attached hydrogens (tertiary/aromatic N) is 1. The first-order chi connectivity index (χ1) is 9.26. The average molecular weight is 260 g/mol. The average Bonchev–Trinajstić information content (AvgIpc) is 2.43. The van der Waals surface area contributed by atoms with Crippen molar-refractivity contribution in [2.24, 2.45) is 0 Å². The Kier molecular flexibility index (Phi) is 3.87. The van der Waals surface area contributed by atoms with Gasteiger partial charge in [0.25, 0.3) is 0 Å². The fourth-order valence-corrected chi connectivity index (χ4v) is 3.49. The van der Waals surface area contributed by atoms with Crippen LogP contribution in [0.5, 0.6) is 0 Å². The Labute approximate surface area is 115 Å². The molecule has 1 atom stereocenters. The van der Waals surface area contributed by atoms with Crippen molar-refractivity contribution in [3.8, 4) is 0 Å². The minimum Gasteiger partial charge on any atom is -0.393 e. The third-order valence-corrected chi connectivity index (χ3v) is 4.67. The number of nitrogens with one attached hydrogen (secondary N) is 1. The lowest BCUT2D eigenvalue weighted by Crippen LogP contribution is -2.57. The second kappa shape index (κ2) is 5.61. The fourth-order valence-electron chi connectivity index (χ4n) is 3.49. The van der Waals surface area contributed by atoms with Gasteiger partial charge in [-0.15, -0.1) is 0 Å². The van der Waals surface area contributed by atoms with E-state index in [0.717, 1.165) is 51.9 Å². The second-order valence-electron chi connectivity index (χ2n) is 6.12. The van der Waals surface area contributed by atoms with Gasteiger partial charge in [0.05, 0.1) is 6.10 Å². The number of piperidine rings is 2. The number of benzene rings is 1. The number of aliphatic hydroxyl groups excluding tert-OH is 1. The molecule has 1 spiro atoms. The van der Waals surface area contributed by atoms with E-state index in [4.69, 9.17) is 0 Å². The third-order valence-electron chi connectivity index (χ3n) is 4.67. The van der Waals surface area contributed by atoms with Crippen molar-refractivity contribution in [3.63, 3.8) is 0 Å². The molecule has 19 heavy (non-hydrogen) atoms. The van der Waals surface area contributed by atoms with Crippen LogP contribution in [0.15, 0.2) is 30.3 Å². The highest BCUT2D eigenvalue weighted by atomic mass is 16.3. The molecule has 0 aromatic heterocycles. The van der Waals surface area contributed by atoms with Crippen LogP contribution >= 0.6 is 0 Å². The van der Waals surface area contributed by atoms with Gasteiger partial charge < -0.3 is 10.4 Å². The Morgan fingerprint density at radius 3 is 2.63 bits per heavy atom. The Hall–Kier alpha value is -0.900. The van der Waals surface area contributed by atoms with Crippen LogP contribution in [0, 0.1) is 0 Å². The summed E-state index contributed by atoms with van der Waals surface area (Å²) < 4.78 is 0. The van der Waals surface area contributed by atoms with Crippen molar-refractivity contribution in [2.45, 2.75) is 43.9 Å². The predicted molar refractivity (Wildman–Crippen MR) is 76.9 cm³/mol. The number of hydrogen-bond acceptors (Lipinski definition) is 3. The van der Waals surface area contributed by atoms with E-state index in [1.54, 1.807) is 0 Å². The van der Waals surface area contributed by atoms with E-state index < -0.39 is 0 Å². The van der Waals surface area contributed by atoms with Gasteiger partial charge in [-0.05, 0) is 37.8 Å². The molecule has 2 heterocycles. The normalized spacial score (nSPS) is 27.5. The molecular formula is C16H24N2O. The summed E-state index contributed by atoms with van der Waals surface area (Å²) in [4.78, 5) is 2.53. The molecule has 3 nitrogen and oxygen atoms in total. The third kappa shape index (κ3) is 3.16. The second-order valence-corrected chi connectivity index (χ2v) is 6.12. The van der Waals surface area contributed by atoms with Crippen LogP contribution in [-0.2, 0) is 6.54 Å². The summed E-state index contributed by atoms with van der Waals surface area (Å²) in [5.74, 6) is 0. The molecule has 104 valence electrons. The summed E-state index contributed by atoms with van der Waals surface area (Å²) >= 11 is 0. The standard InChI is InChI=1S/C16H24N2O/c19-15-6-9-17-16(12-15)7-10-18(11-8-16)13-14-4-2-1-3-5-14/h1-5,15,17,19H,6-13H2. The minimum atomic E-state index is -0.0954. The Morgan fingerprint density at radius 1 is 1.21 bits per heavy atom. The van der Waals surface area contributed by atoms with E-state index >= 15 is 0 Å². The van der Waals surface area contributed by atoms with E-state index in [-0.39, 0.29) is 11.6 Å². The van der Waals surface area contributed by atoms with Crippen LogP contribution in [0.25, 0.3) is 0 Å². The summed E-state index contributed by atoms with van der Waals surface area (Å²) in [6.45, 7) is 4.29. The van der Waals surface area contributed by atoms with Crippen LogP contribution < -0.4 is 5.32 Å². The number of aliphatic hydroxyl groups is 1. The van der Waals surface area contributed by atoms with Crippen molar-refractivity contribution >= 4 is 0 Å². The topological polar surface area (TPSA) is 35.5 Å². The quantitative estimate of drug-likeness (QED) is 0.850. The van der Waals surface area contributed by atoms with E-state index in [0.29, 0.717) is 0 Å². The first kappa shape index (κ1) is 13.1. The zero-order chi connectivity index (χ0) is 13.1. The molecule has 2 aliphatic rings. The molecule has 2 N–H and O–H groups in total. The van der Waals surface area contributed by atoms with Crippen LogP contribution in [0.4, 0.5) is 0 Å². The van der Waals surface area contributed by atoms with Gasteiger partial charge in [-0.1, -0.05) is 30.3 Å². The van der Waals surface area contributed by atoms with E-state index in [2.05, 4.69) is 40.5 Å². The molecule has 1 aromatic carbocycles. The first-order valence-corrected chi connectivity index (χ1v) is 7.45. The lowest BCUT2D eigenvalue weighted by atomic mass is 9.79. The monoisotopic (exact) mass is 260 g/mol. The Bertz CT molecular complexity index is 398. The number of rotatable bonds is 2. The molecule has 0 aliphatic carbocycles. The van der Waals surface area contributed by atoms with E-state index in [9.17, 15) is 5.11 Å². The van der Waals surface area contributed by atoms with Crippen molar-refractivity contribution in [3.05, 3.63) is 35.9 Å². The molecule has 3 rings (SSSR count). The maximum absolute atomic E-state index is 9.87. The predicted octanol–water partition coefficient (Wildman–Crippen LogP) is 1.77. The summed E-state index contributed by atoms with van der Waals surface area (Å²) in [5.41, 5.74) is 1.61. The Morgan fingerprint density at radius 2 is 1.95 bits per heavy atom. The minimum absolute atomic E-state index is 0.0954. The molecule has 2 aliphatic heterocycles. The van der Waals surface area contributed by atoms with Crippen LogP contribution in [0.2, 0.25) is 0 Å². The summed E-state index contributed by atoms with van der Waals surface area (Å²) in [5, 5.41) is 13.5. The lowest BCUT2D eigenvalue weighted by molar-refractivity contribution is 0.0368. The van der Waals surface area contributed by atoms with Gasteiger partial charge in [-0.25, -0.2) is 0 Å². The molecule has 0 radical (unpaired) electrons. The van der Waals surface area contributed by atoms with Gasteiger partial charge in [-0.2, -0.15) is 0 Å². The zero-order valence-electron chi connectivity index (χ0n) is 11.5. The van der Waals surface area contributed by atoms with Gasteiger partial charge in [0, 0.05) is 25.2 Å². The number of hydrogen-bond donors (Lipinski definition) is 2. The molecule has 1 aromatic rings. The highest BCUT2D eigenvalue weighted by Gasteiger charge is 2.38. The van der Waals surface area contributed by atoms with E-state index in [1.165, 1.54) is 5.56 Å². The highest BCUT2D eigenvalue weighted by Crippen LogP contribution is 2.31. The van der Waals surface area contributed by atoms with Crippen LogP contribution in [0.1, 0.15) is 31.2 Å². The van der Waals surface area contributed by atoms with Gasteiger partial charge in [0.15, 0.2) is 0 Å². The SMILES string of the molecule is OC1CCNC2(CCN(Cc3ccccc3)CC2)C1. The lowest BCUT2D eigenvalue weighted by Gasteiger charge is -2.46. The highest BCUT2D eigenvalue weighted by molar-refractivity contribution is 5.14. The molecule has 0 bridgehead atoms. The molecule has 2 saturated heterocycles. The van der Waals surface area contributed by atoms with E-state index in [1.807, 2.05) is 0 Å². The Balaban J connectivity index is 1.54. The van der Waals surface area contributed by atoms with Gasteiger partial charge in [-0.3, -0.25) is 4.90 Å². The van der Waals surface area contributed by atoms with Crippen molar-refractivity contribution in [1.82, 2.24) is 10.2 Å². The first-order valence-electron chi connectivity index (χ1n) is 7.45. The molecule has 0 amide bonds. The van der Waals surface area contributed by atoms with Crippen LogP contribution in [-0.4, -0.2) is 41.3 Å². The molecule has 1 unspecified atom stereocenters. The van der Waals surface area contributed by atoms with Crippen molar-refractivity contribution in [1.29, 1.82) is 0 Å². The number of likely N-dealkylation sites (tertiary alicyclic amines) is 1. The maximum Gasteiger partial charge on any atom is 0.0570 e. The maximum atomic E-state index is 9.87. The van der Waals surface area contributed by atoms with Crippen LogP contribution in [0.3, 0.4) is 0 Å². The zero-order valence-corrected chi connectivity index (χ0v) is 11.5. The molecule has 2 fully saturated rings. The van der Waals surface area contributed by atoms with Crippen molar-refractivity contribution in [2.75, 3.05) is 19.6 Å². The molecule has 0 saturated carbocycles. The smallest absolute Gasteiger partial charge is 0.0570 e. The van der Waals surface area contributed by atoms with Crippen molar-refractivity contribution < 1.29 is 5.11 Å². The largest absolute Gasteiger partial charge is 0.393 e. The van der Waals surface area contributed by atoms with Gasteiger partial charge in [0.2, 0.25) is 0 Å². The van der Waals surface area contributed by atoms with Gasteiger partial charge in [0.1, 0.15) is 0 Å². The molecule has 3 heteroatoms. The summed E-state index contributed by atoms with van der Waals surface area (Å²) in [6, 6.07) is 10.7. The van der Waals surface area contributed by atoms with Gasteiger partial charge >= 0.3 is 0 Å². The summed E-state index contributed by atoms with van der Waals surface area (Å²) in [6.07, 6.45) is 4.08. The summed E-state index contributed by atoms with van der Waals surface area (Å²) in [7, 11) is 0. The molecular weight excluding hydrogens is 236 g/mol. The fraction of sp³-hybridized carbons (Fsp3) is 0.625.